The molecule has 1 aliphatic rings. The summed E-state index contributed by atoms with van der Waals surface area (Å²) in [5.41, 5.74) is 5.68. The van der Waals surface area contributed by atoms with Crippen LogP contribution in [0.3, 0.4) is 0 Å². The Morgan fingerprint density at radius 1 is 1.50 bits per heavy atom. The van der Waals surface area contributed by atoms with E-state index in [-0.39, 0.29) is 6.04 Å². The highest BCUT2D eigenvalue weighted by Gasteiger charge is 2.32. The van der Waals surface area contributed by atoms with E-state index in [0.717, 1.165) is 25.8 Å². The van der Waals surface area contributed by atoms with Crippen molar-refractivity contribution in [2.75, 3.05) is 6.54 Å². The van der Waals surface area contributed by atoms with Gasteiger partial charge in [0.15, 0.2) is 0 Å². The maximum atomic E-state index is 10.8. The Labute approximate surface area is 85.1 Å². The lowest BCUT2D eigenvalue weighted by Gasteiger charge is -2.40. The average Bonchev–Trinajstić information content (AvgIpc) is 2.16. The van der Waals surface area contributed by atoms with E-state index >= 15 is 0 Å². The molecule has 0 aromatic carbocycles. The predicted molar refractivity (Wildman–Crippen MR) is 55.1 cm³/mol. The van der Waals surface area contributed by atoms with Crippen molar-refractivity contribution in [3.8, 4) is 0 Å². The van der Waals surface area contributed by atoms with Crippen molar-refractivity contribution in [2.24, 2.45) is 5.73 Å². The van der Waals surface area contributed by atoms with Crippen molar-refractivity contribution in [3.63, 3.8) is 0 Å². The molecule has 1 rings (SSSR count). The fourth-order valence-electron chi connectivity index (χ4n) is 2.17. The van der Waals surface area contributed by atoms with Gasteiger partial charge in [-0.15, -0.1) is 0 Å². The van der Waals surface area contributed by atoms with E-state index in [0.29, 0.717) is 6.04 Å². The monoisotopic (exact) mass is 200 g/mol. The highest BCUT2D eigenvalue weighted by atomic mass is 16.4. The van der Waals surface area contributed by atoms with Gasteiger partial charge in [-0.25, -0.2) is 0 Å². The van der Waals surface area contributed by atoms with Gasteiger partial charge in [-0.1, -0.05) is 6.42 Å². The summed E-state index contributed by atoms with van der Waals surface area (Å²) >= 11 is 0. The van der Waals surface area contributed by atoms with Crippen LogP contribution in [0.1, 0.15) is 33.1 Å². The molecule has 0 aromatic heterocycles. The largest absolute Gasteiger partial charge is 0.480 e. The Bertz CT molecular complexity index is 206. The first-order valence-corrected chi connectivity index (χ1v) is 5.28. The molecule has 0 spiro atoms. The summed E-state index contributed by atoms with van der Waals surface area (Å²) in [5.74, 6) is -0.887. The first-order valence-electron chi connectivity index (χ1n) is 5.28. The van der Waals surface area contributed by atoms with Crippen LogP contribution in [0.25, 0.3) is 0 Å². The fourth-order valence-corrected chi connectivity index (χ4v) is 2.17. The number of hydrogen-bond donors (Lipinski definition) is 2. The second-order valence-corrected chi connectivity index (χ2v) is 4.26. The van der Waals surface area contributed by atoms with Crippen LogP contribution < -0.4 is 5.73 Å². The van der Waals surface area contributed by atoms with Crippen LogP contribution >= 0.6 is 0 Å². The molecule has 1 saturated heterocycles. The smallest absolute Gasteiger partial charge is 0.322 e. The number of rotatable bonds is 3. The van der Waals surface area contributed by atoms with Gasteiger partial charge < -0.3 is 10.8 Å². The maximum absolute atomic E-state index is 10.8. The Morgan fingerprint density at radius 3 is 2.64 bits per heavy atom. The molecular formula is C10H20N2O2. The number of carbonyl (C=O) groups is 1. The van der Waals surface area contributed by atoms with Gasteiger partial charge in [0, 0.05) is 12.1 Å². The minimum absolute atomic E-state index is 0.0150. The zero-order valence-corrected chi connectivity index (χ0v) is 8.94. The van der Waals surface area contributed by atoms with E-state index in [2.05, 4.69) is 18.7 Å². The summed E-state index contributed by atoms with van der Waals surface area (Å²) in [6.07, 6.45) is 3.15. The van der Waals surface area contributed by atoms with Crippen molar-refractivity contribution in [2.45, 2.75) is 51.2 Å². The lowest BCUT2D eigenvalue weighted by Crippen LogP contribution is -2.55. The minimum Gasteiger partial charge on any atom is -0.480 e. The van der Waals surface area contributed by atoms with E-state index < -0.39 is 12.0 Å². The summed E-state index contributed by atoms with van der Waals surface area (Å²) in [4.78, 5) is 13.0. The molecule has 4 heteroatoms. The summed E-state index contributed by atoms with van der Waals surface area (Å²) in [5, 5.41) is 8.88. The third-order valence-corrected chi connectivity index (χ3v) is 2.96. The number of aliphatic carboxylic acids is 1. The summed E-state index contributed by atoms with van der Waals surface area (Å²) in [7, 11) is 0. The number of hydrogen-bond acceptors (Lipinski definition) is 3. The van der Waals surface area contributed by atoms with E-state index in [1.54, 1.807) is 0 Å². The standard InChI is InChI=1S/C10H20N2O2/c1-7(2)12-6-4-3-5-8(12)9(11)10(13)14/h7-9H,3-6,11H2,1-2H3,(H,13,14). The van der Waals surface area contributed by atoms with Gasteiger partial charge in [-0.2, -0.15) is 0 Å². The molecule has 1 fully saturated rings. The Balaban J connectivity index is 2.67. The average molecular weight is 200 g/mol. The van der Waals surface area contributed by atoms with Crippen molar-refractivity contribution in [1.82, 2.24) is 4.90 Å². The molecule has 2 unspecified atom stereocenters. The first kappa shape index (κ1) is 11.5. The molecule has 3 N–H and O–H groups in total. The van der Waals surface area contributed by atoms with Crippen molar-refractivity contribution in [3.05, 3.63) is 0 Å². The molecule has 4 nitrogen and oxygen atoms in total. The van der Waals surface area contributed by atoms with Crippen molar-refractivity contribution >= 4 is 5.97 Å². The van der Waals surface area contributed by atoms with Crippen LogP contribution in [0.5, 0.6) is 0 Å². The Morgan fingerprint density at radius 2 is 2.14 bits per heavy atom. The number of carboxylic acids is 1. The normalized spacial score (nSPS) is 26.4. The number of likely N-dealkylation sites (tertiary alicyclic amines) is 1. The molecule has 14 heavy (non-hydrogen) atoms. The molecule has 0 aromatic rings. The van der Waals surface area contributed by atoms with Crippen LogP contribution in [-0.2, 0) is 4.79 Å². The number of nitrogens with two attached hydrogens (primary N) is 1. The van der Waals surface area contributed by atoms with Gasteiger partial charge in [0.2, 0.25) is 0 Å². The topological polar surface area (TPSA) is 66.6 Å². The van der Waals surface area contributed by atoms with E-state index in [9.17, 15) is 4.79 Å². The van der Waals surface area contributed by atoms with E-state index in [4.69, 9.17) is 10.8 Å². The molecule has 0 amide bonds. The molecule has 0 bridgehead atoms. The van der Waals surface area contributed by atoms with E-state index in [1.165, 1.54) is 0 Å². The van der Waals surface area contributed by atoms with Crippen molar-refractivity contribution in [1.29, 1.82) is 0 Å². The molecular weight excluding hydrogens is 180 g/mol. The second kappa shape index (κ2) is 4.75. The predicted octanol–water partition coefficient (Wildman–Crippen LogP) is 0.661. The van der Waals surface area contributed by atoms with Crippen LogP contribution in [0.4, 0.5) is 0 Å². The van der Waals surface area contributed by atoms with Crippen molar-refractivity contribution < 1.29 is 9.90 Å². The fraction of sp³-hybridized carbons (Fsp3) is 0.900. The third kappa shape index (κ3) is 2.45. The van der Waals surface area contributed by atoms with Gasteiger partial charge in [0.25, 0.3) is 0 Å². The Kier molecular flexibility index (Phi) is 3.89. The maximum Gasteiger partial charge on any atom is 0.322 e. The molecule has 82 valence electrons. The van der Waals surface area contributed by atoms with Gasteiger partial charge >= 0.3 is 5.97 Å². The highest BCUT2D eigenvalue weighted by molar-refractivity contribution is 5.74. The van der Waals surface area contributed by atoms with Gasteiger partial charge in [0.05, 0.1) is 0 Å². The Hall–Kier alpha value is -0.610. The van der Waals surface area contributed by atoms with Crippen LogP contribution in [0, 0.1) is 0 Å². The number of nitrogens with zero attached hydrogens (tertiary/aromatic N) is 1. The number of carboxylic acid groups (broad SMARTS) is 1. The summed E-state index contributed by atoms with van der Waals surface area (Å²) < 4.78 is 0. The summed E-state index contributed by atoms with van der Waals surface area (Å²) in [6.45, 7) is 5.16. The number of piperidine rings is 1. The van der Waals surface area contributed by atoms with Gasteiger partial charge in [-0.3, -0.25) is 9.69 Å². The molecule has 0 radical (unpaired) electrons. The molecule has 1 aliphatic heterocycles. The lowest BCUT2D eigenvalue weighted by molar-refractivity contribution is -0.141. The molecule has 1 heterocycles. The second-order valence-electron chi connectivity index (χ2n) is 4.26. The van der Waals surface area contributed by atoms with Gasteiger partial charge in [-0.05, 0) is 33.2 Å². The van der Waals surface area contributed by atoms with E-state index in [1.807, 2.05) is 0 Å². The lowest BCUT2D eigenvalue weighted by atomic mass is 9.95. The molecule has 0 saturated carbocycles. The zero-order chi connectivity index (χ0) is 10.7. The molecule has 0 aliphatic carbocycles. The quantitative estimate of drug-likeness (QED) is 0.702. The zero-order valence-electron chi connectivity index (χ0n) is 8.94. The highest BCUT2D eigenvalue weighted by Crippen LogP contribution is 2.21. The summed E-state index contributed by atoms with van der Waals surface area (Å²) in [6, 6.07) is -0.343. The molecule has 2 atom stereocenters. The first-order chi connectivity index (χ1) is 6.54. The van der Waals surface area contributed by atoms with Crippen LogP contribution in [-0.4, -0.2) is 40.6 Å². The SMILES string of the molecule is CC(C)N1CCCCC1C(N)C(=O)O. The third-order valence-electron chi connectivity index (χ3n) is 2.96. The van der Waals surface area contributed by atoms with Crippen LogP contribution in [0.15, 0.2) is 0 Å². The van der Waals surface area contributed by atoms with Crippen LogP contribution in [0.2, 0.25) is 0 Å². The van der Waals surface area contributed by atoms with Gasteiger partial charge in [0.1, 0.15) is 6.04 Å². The minimum atomic E-state index is -0.887.